The van der Waals surface area contributed by atoms with Crippen molar-refractivity contribution in [3.63, 3.8) is 0 Å². The first-order chi connectivity index (χ1) is 17.8. The average Bonchev–Trinajstić information content (AvgIpc) is 2.91. The zero-order valence-corrected chi connectivity index (χ0v) is 20.8. The predicted molar refractivity (Wildman–Crippen MR) is 142 cm³/mol. The van der Waals surface area contributed by atoms with Crippen LogP contribution < -0.4 is 18.9 Å². The van der Waals surface area contributed by atoms with E-state index in [9.17, 15) is 0 Å². The number of aromatic nitrogens is 2. The van der Waals surface area contributed by atoms with Crippen LogP contribution in [0.2, 0.25) is 0 Å². The van der Waals surface area contributed by atoms with Crippen LogP contribution in [0, 0.1) is 0 Å². The maximum atomic E-state index is 5.98. The summed E-state index contributed by atoms with van der Waals surface area (Å²) in [5.41, 5.74) is 1.70. The van der Waals surface area contributed by atoms with Gasteiger partial charge < -0.3 is 18.9 Å². The number of benzene rings is 2. The van der Waals surface area contributed by atoms with Crippen LogP contribution in [0.3, 0.4) is 0 Å². The number of rotatable bonds is 0. The molecule has 36 heavy (non-hydrogen) atoms. The summed E-state index contributed by atoms with van der Waals surface area (Å²) in [5, 5.41) is 2.09. The van der Waals surface area contributed by atoms with Gasteiger partial charge in [0.05, 0.1) is 26.4 Å². The second-order valence-corrected chi connectivity index (χ2v) is 9.21. The number of hydrogen-bond acceptors (Lipinski definition) is 6. The molecule has 0 aliphatic carbocycles. The summed E-state index contributed by atoms with van der Waals surface area (Å²) in [6.07, 6.45) is 8.37. The lowest BCUT2D eigenvalue weighted by Crippen LogP contribution is -2.01. The molecule has 1 aliphatic rings. The molecular weight excluding hydrogens is 452 g/mol. The molecule has 4 aromatic rings. The fraction of sp³-hybridized carbons (Fsp3) is 0.400. The second-order valence-electron chi connectivity index (χ2n) is 9.21. The van der Waals surface area contributed by atoms with Crippen LogP contribution >= 0.6 is 0 Å². The van der Waals surface area contributed by atoms with E-state index in [1.165, 1.54) is 0 Å². The van der Waals surface area contributed by atoms with Crippen LogP contribution in [0.4, 0.5) is 0 Å². The van der Waals surface area contributed by atoms with Crippen molar-refractivity contribution in [3.8, 4) is 23.3 Å². The lowest BCUT2D eigenvalue weighted by molar-refractivity contribution is 0.276. The van der Waals surface area contributed by atoms with Gasteiger partial charge in [0.1, 0.15) is 22.5 Å². The topological polar surface area (TPSA) is 62.7 Å². The van der Waals surface area contributed by atoms with Crippen molar-refractivity contribution in [2.24, 2.45) is 0 Å². The van der Waals surface area contributed by atoms with E-state index < -0.39 is 0 Å². The van der Waals surface area contributed by atoms with Crippen molar-refractivity contribution >= 4 is 21.8 Å². The van der Waals surface area contributed by atoms with E-state index >= 15 is 0 Å². The Morgan fingerprint density at radius 1 is 0.444 bits per heavy atom. The predicted octanol–water partition coefficient (Wildman–Crippen LogP) is 7.13. The number of nitrogens with zero attached hydrogens (tertiary/aromatic N) is 2. The Morgan fingerprint density at radius 2 is 0.861 bits per heavy atom. The van der Waals surface area contributed by atoms with Crippen LogP contribution in [0.15, 0.2) is 60.7 Å². The Labute approximate surface area is 212 Å². The Morgan fingerprint density at radius 3 is 1.33 bits per heavy atom. The Kier molecular flexibility index (Phi) is 8.34. The third-order valence-electron chi connectivity index (χ3n) is 6.39. The Bertz CT molecular complexity index is 1180. The highest BCUT2D eigenvalue weighted by atomic mass is 16.5. The molecule has 0 atom stereocenters. The molecule has 0 unspecified atom stereocenters. The van der Waals surface area contributed by atoms with Crippen LogP contribution in [0.1, 0.15) is 51.4 Å². The molecule has 0 radical (unpaired) electrons. The maximum Gasteiger partial charge on any atom is 0.213 e. The highest BCUT2D eigenvalue weighted by molar-refractivity contribution is 6.03. The van der Waals surface area contributed by atoms with E-state index in [1.807, 2.05) is 36.4 Å². The summed E-state index contributed by atoms with van der Waals surface area (Å²) in [4.78, 5) is 9.58. The van der Waals surface area contributed by atoms with Crippen LogP contribution in [0.25, 0.3) is 21.8 Å². The molecule has 5 rings (SSSR count). The molecule has 6 bridgehead atoms. The number of pyridine rings is 2. The zero-order valence-electron chi connectivity index (χ0n) is 20.8. The summed E-state index contributed by atoms with van der Waals surface area (Å²) in [7, 11) is 0. The van der Waals surface area contributed by atoms with Gasteiger partial charge in [-0.3, -0.25) is 0 Å². The SMILES string of the molecule is c1cc2cc(c1)OCCCCCCOc1ccc3ccc4ccc(nc4c3n1)OCCCCCCO2. The van der Waals surface area contributed by atoms with E-state index in [0.29, 0.717) is 38.2 Å². The number of fused-ring (bicyclic) bond motifs is 4. The first-order valence-corrected chi connectivity index (χ1v) is 13.2. The van der Waals surface area contributed by atoms with E-state index in [0.717, 1.165) is 84.7 Å². The van der Waals surface area contributed by atoms with Gasteiger partial charge in [-0.15, -0.1) is 0 Å². The standard InChI is InChI=1S/C30H34N2O4/c1-3-7-20-35-27-16-14-23-12-13-24-15-17-28(32-30(24)29(23)31-27)36-21-8-4-2-6-19-34-26-11-9-10-25(22-26)33-18-5-1/h9-17,22H,1-8,18-21H2. The molecule has 0 fully saturated rings. The zero-order chi connectivity index (χ0) is 24.4. The average molecular weight is 487 g/mol. The molecule has 0 spiro atoms. The lowest BCUT2D eigenvalue weighted by Gasteiger charge is -2.10. The van der Waals surface area contributed by atoms with Gasteiger partial charge in [-0.25, -0.2) is 9.97 Å². The molecule has 0 amide bonds. The summed E-state index contributed by atoms with van der Waals surface area (Å²) in [6.45, 7) is 2.71. The first kappa shape index (κ1) is 24.2. The minimum Gasteiger partial charge on any atom is -0.493 e. The van der Waals surface area contributed by atoms with Crippen molar-refractivity contribution < 1.29 is 18.9 Å². The van der Waals surface area contributed by atoms with Gasteiger partial charge in [0.15, 0.2) is 0 Å². The van der Waals surface area contributed by atoms with E-state index in [4.69, 9.17) is 28.9 Å². The molecular formula is C30H34N2O4. The van der Waals surface area contributed by atoms with Crippen molar-refractivity contribution in [3.05, 3.63) is 60.7 Å². The highest BCUT2D eigenvalue weighted by Gasteiger charge is 2.08. The molecule has 0 saturated heterocycles. The van der Waals surface area contributed by atoms with Gasteiger partial charge in [-0.05, 0) is 75.6 Å². The van der Waals surface area contributed by atoms with Crippen LogP contribution in [0.5, 0.6) is 23.3 Å². The van der Waals surface area contributed by atoms with Gasteiger partial charge in [0, 0.05) is 29.0 Å². The largest absolute Gasteiger partial charge is 0.493 e. The Hall–Kier alpha value is -3.54. The third kappa shape index (κ3) is 6.56. The molecule has 6 nitrogen and oxygen atoms in total. The van der Waals surface area contributed by atoms with E-state index in [1.54, 1.807) is 0 Å². The molecule has 0 saturated carbocycles. The molecule has 3 heterocycles. The first-order valence-electron chi connectivity index (χ1n) is 13.2. The number of ether oxygens (including phenoxy) is 4. The van der Waals surface area contributed by atoms with Gasteiger partial charge >= 0.3 is 0 Å². The monoisotopic (exact) mass is 486 g/mol. The van der Waals surface area contributed by atoms with Crippen LogP contribution in [-0.4, -0.2) is 36.4 Å². The van der Waals surface area contributed by atoms with Crippen LogP contribution in [-0.2, 0) is 0 Å². The third-order valence-corrected chi connectivity index (χ3v) is 6.39. The minimum atomic E-state index is 0.638. The smallest absolute Gasteiger partial charge is 0.213 e. The molecule has 188 valence electrons. The fourth-order valence-corrected chi connectivity index (χ4v) is 4.40. The van der Waals surface area contributed by atoms with Crippen molar-refractivity contribution in [2.45, 2.75) is 51.4 Å². The molecule has 2 aromatic carbocycles. The second kappa shape index (κ2) is 12.4. The molecule has 2 aromatic heterocycles. The minimum absolute atomic E-state index is 0.638. The van der Waals surface area contributed by atoms with Gasteiger partial charge in [0.2, 0.25) is 11.8 Å². The lowest BCUT2D eigenvalue weighted by atomic mass is 10.1. The van der Waals surface area contributed by atoms with Gasteiger partial charge in [-0.1, -0.05) is 18.2 Å². The summed E-state index contributed by atoms with van der Waals surface area (Å²) < 4.78 is 23.8. The normalized spacial score (nSPS) is 16.4. The number of hydrogen-bond donors (Lipinski definition) is 0. The summed E-state index contributed by atoms with van der Waals surface area (Å²) >= 11 is 0. The quantitative estimate of drug-likeness (QED) is 0.246. The molecule has 6 heteroatoms. The molecule has 0 N–H and O–H groups in total. The van der Waals surface area contributed by atoms with E-state index in [-0.39, 0.29) is 0 Å². The fourth-order valence-electron chi connectivity index (χ4n) is 4.40. The summed E-state index contributed by atoms with van der Waals surface area (Å²) in [6, 6.07) is 20.1. The van der Waals surface area contributed by atoms with Gasteiger partial charge in [-0.2, -0.15) is 0 Å². The Balaban J connectivity index is 1.26. The van der Waals surface area contributed by atoms with E-state index in [2.05, 4.69) is 24.3 Å². The van der Waals surface area contributed by atoms with Crippen molar-refractivity contribution in [1.29, 1.82) is 0 Å². The molecule has 1 aliphatic heterocycles. The van der Waals surface area contributed by atoms with Crippen molar-refractivity contribution in [2.75, 3.05) is 26.4 Å². The van der Waals surface area contributed by atoms with Gasteiger partial charge in [0.25, 0.3) is 0 Å². The van der Waals surface area contributed by atoms with Crippen molar-refractivity contribution in [1.82, 2.24) is 9.97 Å². The highest BCUT2D eigenvalue weighted by Crippen LogP contribution is 2.27. The summed E-state index contributed by atoms with van der Waals surface area (Å²) in [5.74, 6) is 3.01. The maximum absolute atomic E-state index is 5.98.